The number of rotatable bonds is 2. The third-order valence-electron chi connectivity index (χ3n) is 3.58. The zero-order valence-electron chi connectivity index (χ0n) is 10.4. The summed E-state index contributed by atoms with van der Waals surface area (Å²) in [6.07, 6.45) is -1.28. The van der Waals surface area contributed by atoms with Crippen molar-refractivity contribution in [3.05, 3.63) is 70.5 Å². The van der Waals surface area contributed by atoms with Gasteiger partial charge in [0.15, 0.2) is 11.6 Å². The lowest BCUT2D eigenvalue weighted by molar-refractivity contribution is 0.129. The lowest BCUT2D eigenvalue weighted by Gasteiger charge is -2.20. The van der Waals surface area contributed by atoms with Crippen molar-refractivity contribution in [1.82, 2.24) is 5.32 Å². The fourth-order valence-electron chi connectivity index (χ4n) is 2.55. The van der Waals surface area contributed by atoms with Gasteiger partial charge in [0.1, 0.15) is 11.9 Å². The molecule has 104 valence electrons. The van der Waals surface area contributed by atoms with Crippen molar-refractivity contribution in [3.63, 3.8) is 0 Å². The van der Waals surface area contributed by atoms with Crippen molar-refractivity contribution < 1.29 is 18.3 Å². The van der Waals surface area contributed by atoms with Gasteiger partial charge < -0.3 is 10.4 Å². The predicted octanol–water partition coefficient (Wildman–Crippen LogP) is 2.98. The fourth-order valence-corrected chi connectivity index (χ4v) is 2.55. The van der Waals surface area contributed by atoms with Crippen LogP contribution in [-0.4, -0.2) is 5.11 Å². The van der Waals surface area contributed by atoms with E-state index in [1.165, 1.54) is 0 Å². The van der Waals surface area contributed by atoms with Crippen LogP contribution in [0.5, 0.6) is 0 Å². The highest BCUT2D eigenvalue weighted by molar-refractivity contribution is 5.37. The van der Waals surface area contributed by atoms with Gasteiger partial charge in [-0.05, 0) is 17.2 Å². The van der Waals surface area contributed by atoms with E-state index >= 15 is 0 Å². The summed E-state index contributed by atoms with van der Waals surface area (Å²) in [5.74, 6) is -3.40. The zero-order chi connectivity index (χ0) is 14.3. The number of nitrogens with one attached hydrogen (secondary N) is 1. The second-order valence-corrected chi connectivity index (χ2v) is 4.79. The maximum Gasteiger partial charge on any atom is 0.161 e. The molecule has 0 spiro atoms. The van der Waals surface area contributed by atoms with Gasteiger partial charge in [-0.15, -0.1) is 0 Å². The van der Waals surface area contributed by atoms with Crippen molar-refractivity contribution in [2.24, 2.45) is 0 Å². The summed E-state index contributed by atoms with van der Waals surface area (Å²) in [7, 11) is 0. The molecule has 1 heterocycles. The Morgan fingerprint density at radius 2 is 1.75 bits per heavy atom. The lowest BCUT2D eigenvalue weighted by atomic mass is 9.95. The van der Waals surface area contributed by atoms with Crippen LogP contribution in [0.25, 0.3) is 0 Å². The number of halogens is 3. The monoisotopic (exact) mass is 279 g/mol. The summed E-state index contributed by atoms with van der Waals surface area (Å²) in [4.78, 5) is 0. The van der Waals surface area contributed by atoms with Gasteiger partial charge in [0.05, 0.1) is 6.04 Å². The minimum absolute atomic E-state index is 0.252. The maximum atomic E-state index is 13.7. The van der Waals surface area contributed by atoms with Crippen molar-refractivity contribution in [2.45, 2.75) is 18.7 Å². The second kappa shape index (κ2) is 4.92. The van der Waals surface area contributed by atoms with Gasteiger partial charge in [-0.3, -0.25) is 0 Å². The fraction of sp³-hybridized carbons (Fsp3) is 0.200. The molecular weight excluding hydrogens is 267 g/mol. The molecule has 0 bridgehead atoms. The van der Waals surface area contributed by atoms with Crippen molar-refractivity contribution in [3.8, 4) is 0 Å². The van der Waals surface area contributed by atoms with E-state index in [1.54, 1.807) is 0 Å². The maximum absolute atomic E-state index is 13.7. The molecule has 0 radical (unpaired) electrons. The molecule has 3 rings (SSSR count). The number of benzene rings is 2. The van der Waals surface area contributed by atoms with Crippen LogP contribution in [0.1, 0.15) is 28.8 Å². The molecule has 5 heteroatoms. The van der Waals surface area contributed by atoms with Crippen molar-refractivity contribution in [2.75, 3.05) is 0 Å². The van der Waals surface area contributed by atoms with Crippen molar-refractivity contribution in [1.29, 1.82) is 0 Å². The Kier molecular flexibility index (Phi) is 3.23. The van der Waals surface area contributed by atoms with Crippen molar-refractivity contribution >= 4 is 0 Å². The van der Waals surface area contributed by atoms with Crippen LogP contribution in [0.4, 0.5) is 13.2 Å². The molecular formula is C15H12F3NO. The summed E-state index contributed by atoms with van der Waals surface area (Å²) >= 11 is 0. The molecule has 0 aliphatic carbocycles. The molecule has 20 heavy (non-hydrogen) atoms. The Bertz CT molecular complexity index is 660. The first-order chi connectivity index (χ1) is 9.58. The Morgan fingerprint density at radius 1 is 1.05 bits per heavy atom. The SMILES string of the molecule is OC(c1cc(F)c(F)cc1F)C1NCc2ccccc21. The normalized spacial score (nSPS) is 18.9. The van der Waals surface area contributed by atoms with Gasteiger partial charge in [0, 0.05) is 18.2 Å². The average Bonchev–Trinajstić information content (AvgIpc) is 2.86. The van der Waals surface area contributed by atoms with Crippen LogP contribution in [0.2, 0.25) is 0 Å². The molecule has 2 aromatic rings. The third-order valence-corrected chi connectivity index (χ3v) is 3.58. The molecule has 2 unspecified atom stereocenters. The highest BCUT2D eigenvalue weighted by atomic mass is 19.2. The van der Waals surface area contributed by atoms with E-state index in [2.05, 4.69) is 5.32 Å². The van der Waals surface area contributed by atoms with E-state index in [1.807, 2.05) is 24.3 Å². The molecule has 2 N–H and O–H groups in total. The van der Waals surface area contributed by atoms with Crippen LogP contribution < -0.4 is 5.32 Å². The lowest BCUT2D eigenvalue weighted by Crippen LogP contribution is -2.21. The standard InChI is InChI=1S/C15H12F3NO/c16-11-6-13(18)12(17)5-10(11)15(20)14-9-4-2-1-3-8(9)7-19-14/h1-6,14-15,19-20H,7H2. The minimum atomic E-state index is -1.28. The molecule has 0 amide bonds. The van der Waals surface area contributed by atoms with Gasteiger partial charge in [0.25, 0.3) is 0 Å². The molecule has 0 saturated heterocycles. The van der Waals surface area contributed by atoms with Gasteiger partial charge in [-0.2, -0.15) is 0 Å². The predicted molar refractivity (Wildman–Crippen MR) is 67.3 cm³/mol. The topological polar surface area (TPSA) is 32.3 Å². The van der Waals surface area contributed by atoms with E-state index in [9.17, 15) is 18.3 Å². The average molecular weight is 279 g/mol. The molecule has 2 aromatic carbocycles. The molecule has 2 atom stereocenters. The first-order valence-electron chi connectivity index (χ1n) is 6.21. The van der Waals surface area contributed by atoms with Crippen LogP contribution in [0, 0.1) is 17.5 Å². The van der Waals surface area contributed by atoms with Gasteiger partial charge in [0.2, 0.25) is 0 Å². The number of hydrogen-bond donors (Lipinski definition) is 2. The Balaban J connectivity index is 1.98. The first kappa shape index (κ1) is 13.1. The van der Waals surface area contributed by atoms with E-state index in [4.69, 9.17) is 0 Å². The largest absolute Gasteiger partial charge is 0.386 e. The Morgan fingerprint density at radius 3 is 2.55 bits per heavy atom. The summed E-state index contributed by atoms with van der Waals surface area (Å²) < 4.78 is 39.9. The van der Waals surface area contributed by atoms with E-state index in [-0.39, 0.29) is 5.56 Å². The molecule has 0 saturated carbocycles. The van der Waals surface area contributed by atoms with E-state index < -0.39 is 29.6 Å². The number of fused-ring (bicyclic) bond motifs is 1. The molecule has 1 aliphatic heterocycles. The summed E-state index contributed by atoms with van der Waals surface area (Å²) in [6.45, 7) is 0.545. The molecule has 0 aromatic heterocycles. The smallest absolute Gasteiger partial charge is 0.161 e. The van der Waals surface area contributed by atoms with Gasteiger partial charge in [-0.1, -0.05) is 24.3 Å². The molecule has 0 fully saturated rings. The quantitative estimate of drug-likeness (QED) is 0.828. The van der Waals surface area contributed by atoms with E-state index in [0.717, 1.165) is 11.1 Å². The highest BCUT2D eigenvalue weighted by Crippen LogP contribution is 2.36. The highest BCUT2D eigenvalue weighted by Gasteiger charge is 2.31. The van der Waals surface area contributed by atoms with Gasteiger partial charge >= 0.3 is 0 Å². The Labute approximate surface area is 113 Å². The first-order valence-corrected chi connectivity index (χ1v) is 6.21. The summed E-state index contributed by atoms with van der Waals surface area (Å²) in [5.41, 5.74) is 1.58. The zero-order valence-corrected chi connectivity index (χ0v) is 10.4. The Hall–Kier alpha value is -1.85. The summed E-state index contributed by atoms with van der Waals surface area (Å²) in [5, 5.41) is 13.3. The summed E-state index contributed by atoms with van der Waals surface area (Å²) in [6, 6.07) is 8.02. The molecule has 1 aliphatic rings. The van der Waals surface area contributed by atoms with Crippen LogP contribution in [0.3, 0.4) is 0 Å². The minimum Gasteiger partial charge on any atom is -0.386 e. The molecule has 2 nitrogen and oxygen atoms in total. The number of aliphatic hydroxyl groups is 1. The van der Waals surface area contributed by atoms with Crippen LogP contribution >= 0.6 is 0 Å². The second-order valence-electron chi connectivity index (χ2n) is 4.79. The van der Waals surface area contributed by atoms with Crippen LogP contribution in [-0.2, 0) is 6.54 Å². The van der Waals surface area contributed by atoms with Gasteiger partial charge in [-0.25, -0.2) is 13.2 Å². The number of aliphatic hydroxyl groups excluding tert-OH is 1. The number of hydrogen-bond acceptors (Lipinski definition) is 2. The van der Waals surface area contributed by atoms with E-state index in [0.29, 0.717) is 18.7 Å². The third kappa shape index (κ3) is 2.09. The van der Waals surface area contributed by atoms with Crippen LogP contribution in [0.15, 0.2) is 36.4 Å².